The largest absolute Gasteiger partial charge is 0.493 e. The van der Waals surface area contributed by atoms with E-state index in [1.54, 1.807) is 13.2 Å². The summed E-state index contributed by atoms with van der Waals surface area (Å²) in [5.41, 5.74) is 0.627. The highest BCUT2D eigenvalue weighted by molar-refractivity contribution is 9.10. The van der Waals surface area contributed by atoms with Crippen molar-refractivity contribution in [3.05, 3.63) is 22.2 Å². The number of amides is 1. The molecule has 1 atom stereocenters. The SMILES string of the molecule is CCCOc1c(Br)cc(C(=O)N2CCC(CNC)C2)cc1OC. The Kier molecular flexibility index (Phi) is 6.72. The lowest BCUT2D eigenvalue weighted by Gasteiger charge is -2.19. The molecule has 2 rings (SSSR count). The Morgan fingerprint density at radius 3 is 2.91 bits per heavy atom. The number of likely N-dealkylation sites (tertiary alicyclic amines) is 1. The standard InChI is InChI=1S/C17H25BrN2O3/c1-4-7-23-16-14(18)8-13(9-15(16)22-3)17(21)20-6-5-12(11-20)10-19-2/h8-9,12,19H,4-7,10-11H2,1-3H3. The average Bonchev–Trinajstić information content (AvgIpc) is 3.01. The Morgan fingerprint density at radius 1 is 1.48 bits per heavy atom. The summed E-state index contributed by atoms with van der Waals surface area (Å²) in [4.78, 5) is 14.6. The number of nitrogens with one attached hydrogen (secondary N) is 1. The zero-order valence-electron chi connectivity index (χ0n) is 14.0. The molecule has 23 heavy (non-hydrogen) atoms. The number of methoxy groups -OCH3 is 1. The van der Waals surface area contributed by atoms with Crippen molar-refractivity contribution in [3.8, 4) is 11.5 Å². The second-order valence-electron chi connectivity index (χ2n) is 5.80. The topological polar surface area (TPSA) is 50.8 Å². The number of carbonyl (C=O) groups excluding carboxylic acids is 1. The molecule has 128 valence electrons. The summed E-state index contributed by atoms with van der Waals surface area (Å²) in [7, 11) is 3.54. The lowest BCUT2D eigenvalue weighted by atomic mass is 10.1. The summed E-state index contributed by atoms with van der Waals surface area (Å²) < 4.78 is 11.9. The van der Waals surface area contributed by atoms with Gasteiger partial charge in [0, 0.05) is 18.7 Å². The van der Waals surface area contributed by atoms with E-state index in [1.165, 1.54) is 0 Å². The Bertz CT molecular complexity index is 551. The molecule has 1 aliphatic heterocycles. The summed E-state index contributed by atoms with van der Waals surface area (Å²) in [6.07, 6.45) is 1.96. The Labute approximate surface area is 146 Å². The van der Waals surface area contributed by atoms with Crippen LogP contribution in [0.3, 0.4) is 0 Å². The van der Waals surface area contributed by atoms with Gasteiger partial charge in [0.15, 0.2) is 11.5 Å². The number of hydrogen-bond acceptors (Lipinski definition) is 4. The molecule has 6 heteroatoms. The second-order valence-corrected chi connectivity index (χ2v) is 6.66. The highest BCUT2D eigenvalue weighted by atomic mass is 79.9. The third-order valence-corrected chi connectivity index (χ3v) is 4.58. The lowest BCUT2D eigenvalue weighted by Crippen LogP contribution is -2.30. The molecule has 1 aliphatic rings. The molecule has 1 aromatic rings. The summed E-state index contributed by atoms with van der Waals surface area (Å²) in [5, 5.41) is 3.18. The van der Waals surface area contributed by atoms with E-state index in [2.05, 4.69) is 21.2 Å². The predicted octanol–water partition coefficient (Wildman–Crippen LogP) is 2.93. The first-order valence-electron chi connectivity index (χ1n) is 8.04. The van der Waals surface area contributed by atoms with Gasteiger partial charge in [-0.1, -0.05) is 6.92 Å². The van der Waals surface area contributed by atoms with Crippen LogP contribution in [0.25, 0.3) is 0 Å². The number of hydrogen-bond donors (Lipinski definition) is 1. The van der Waals surface area contributed by atoms with E-state index in [-0.39, 0.29) is 5.91 Å². The van der Waals surface area contributed by atoms with E-state index >= 15 is 0 Å². The van der Waals surface area contributed by atoms with Crippen molar-refractivity contribution >= 4 is 21.8 Å². The average molecular weight is 385 g/mol. The first kappa shape index (κ1) is 18.1. The molecular weight excluding hydrogens is 360 g/mol. The molecule has 0 aliphatic carbocycles. The third-order valence-electron chi connectivity index (χ3n) is 3.99. The molecule has 0 bridgehead atoms. The maximum absolute atomic E-state index is 12.7. The summed E-state index contributed by atoms with van der Waals surface area (Å²) in [5.74, 6) is 1.81. The Balaban J connectivity index is 2.16. The van der Waals surface area contributed by atoms with Crippen molar-refractivity contribution in [2.75, 3.05) is 40.4 Å². The molecule has 1 amide bonds. The molecule has 1 N–H and O–H groups in total. The van der Waals surface area contributed by atoms with Crippen molar-refractivity contribution in [2.45, 2.75) is 19.8 Å². The first-order chi connectivity index (χ1) is 11.1. The fraction of sp³-hybridized carbons (Fsp3) is 0.588. The zero-order chi connectivity index (χ0) is 16.8. The van der Waals surface area contributed by atoms with Crippen LogP contribution in [0.2, 0.25) is 0 Å². The van der Waals surface area contributed by atoms with Crippen LogP contribution in [0.5, 0.6) is 11.5 Å². The van der Waals surface area contributed by atoms with Crippen LogP contribution < -0.4 is 14.8 Å². The normalized spacial score (nSPS) is 17.4. The van der Waals surface area contributed by atoms with Gasteiger partial charge in [-0.2, -0.15) is 0 Å². The van der Waals surface area contributed by atoms with E-state index in [9.17, 15) is 4.79 Å². The number of rotatable bonds is 7. The molecule has 1 fully saturated rings. The van der Waals surface area contributed by atoms with Crippen molar-refractivity contribution in [1.82, 2.24) is 10.2 Å². The minimum atomic E-state index is 0.0460. The van der Waals surface area contributed by atoms with Crippen molar-refractivity contribution in [1.29, 1.82) is 0 Å². The highest BCUT2D eigenvalue weighted by Crippen LogP contribution is 2.37. The van der Waals surface area contributed by atoms with Gasteiger partial charge in [0.25, 0.3) is 5.91 Å². The minimum Gasteiger partial charge on any atom is -0.493 e. The van der Waals surface area contributed by atoms with Gasteiger partial charge in [-0.3, -0.25) is 4.79 Å². The fourth-order valence-corrected chi connectivity index (χ4v) is 3.40. The van der Waals surface area contributed by atoms with Gasteiger partial charge in [-0.15, -0.1) is 0 Å². The Morgan fingerprint density at radius 2 is 2.26 bits per heavy atom. The quantitative estimate of drug-likeness (QED) is 0.784. The molecule has 0 aromatic heterocycles. The van der Waals surface area contributed by atoms with Crippen LogP contribution in [-0.2, 0) is 0 Å². The highest BCUT2D eigenvalue weighted by Gasteiger charge is 2.27. The molecule has 1 aromatic carbocycles. The van der Waals surface area contributed by atoms with Crippen LogP contribution >= 0.6 is 15.9 Å². The van der Waals surface area contributed by atoms with Gasteiger partial charge in [0.1, 0.15) is 0 Å². The predicted molar refractivity (Wildman–Crippen MR) is 94.4 cm³/mol. The van der Waals surface area contributed by atoms with Gasteiger partial charge >= 0.3 is 0 Å². The van der Waals surface area contributed by atoms with Crippen LogP contribution in [-0.4, -0.2) is 51.2 Å². The smallest absolute Gasteiger partial charge is 0.254 e. The number of ether oxygens (including phenoxy) is 2. The van der Waals surface area contributed by atoms with Crippen molar-refractivity contribution < 1.29 is 14.3 Å². The molecule has 1 saturated heterocycles. The molecule has 0 spiro atoms. The summed E-state index contributed by atoms with van der Waals surface area (Å²) in [6, 6.07) is 3.59. The van der Waals surface area contributed by atoms with Crippen LogP contribution in [0.15, 0.2) is 16.6 Å². The van der Waals surface area contributed by atoms with E-state index in [0.717, 1.165) is 36.9 Å². The van der Waals surface area contributed by atoms with Gasteiger partial charge in [0.05, 0.1) is 18.2 Å². The van der Waals surface area contributed by atoms with E-state index in [0.29, 0.717) is 29.6 Å². The van der Waals surface area contributed by atoms with E-state index in [4.69, 9.17) is 9.47 Å². The molecule has 1 unspecified atom stereocenters. The molecular formula is C17H25BrN2O3. The summed E-state index contributed by atoms with van der Waals surface area (Å²) >= 11 is 3.50. The van der Waals surface area contributed by atoms with Crippen molar-refractivity contribution in [3.63, 3.8) is 0 Å². The number of benzene rings is 1. The summed E-state index contributed by atoms with van der Waals surface area (Å²) in [6.45, 7) is 5.21. The van der Waals surface area contributed by atoms with E-state index in [1.807, 2.05) is 24.9 Å². The second kappa shape index (κ2) is 8.55. The van der Waals surface area contributed by atoms with Gasteiger partial charge in [-0.05, 0) is 60.4 Å². The fourth-order valence-electron chi connectivity index (χ4n) is 2.84. The molecule has 0 radical (unpaired) electrons. The van der Waals surface area contributed by atoms with E-state index < -0.39 is 0 Å². The number of halogens is 1. The monoisotopic (exact) mass is 384 g/mol. The van der Waals surface area contributed by atoms with Gasteiger partial charge in [0.2, 0.25) is 0 Å². The first-order valence-corrected chi connectivity index (χ1v) is 8.84. The van der Waals surface area contributed by atoms with Crippen LogP contribution in [0.1, 0.15) is 30.1 Å². The van der Waals surface area contributed by atoms with Crippen molar-refractivity contribution in [2.24, 2.45) is 5.92 Å². The zero-order valence-corrected chi connectivity index (χ0v) is 15.6. The minimum absolute atomic E-state index is 0.0460. The van der Waals surface area contributed by atoms with Gasteiger partial charge < -0.3 is 19.7 Å². The maximum atomic E-state index is 12.7. The van der Waals surface area contributed by atoms with Crippen LogP contribution in [0, 0.1) is 5.92 Å². The number of carbonyl (C=O) groups is 1. The molecule has 0 saturated carbocycles. The third kappa shape index (κ3) is 4.38. The Hall–Kier alpha value is -1.27. The maximum Gasteiger partial charge on any atom is 0.254 e. The lowest BCUT2D eigenvalue weighted by molar-refractivity contribution is 0.0786. The van der Waals surface area contributed by atoms with Crippen LogP contribution in [0.4, 0.5) is 0 Å². The molecule has 5 nitrogen and oxygen atoms in total. The molecule has 1 heterocycles. The van der Waals surface area contributed by atoms with Gasteiger partial charge in [-0.25, -0.2) is 0 Å². The number of nitrogens with zero attached hydrogens (tertiary/aromatic N) is 1.